The van der Waals surface area contributed by atoms with Crippen LogP contribution in [0, 0.1) is 0 Å². The molecule has 0 amide bonds. The van der Waals surface area contributed by atoms with E-state index >= 15 is 0 Å². The predicted octanol–water partition coefficient (Wildman–Crippen LogP) is 2.02. The van der Waals surface area contributed by atoms with Gasteiger partial charge in [0.25, 0.3) is 0 Å². The topological polar surface area (TPSA) is 0 Å². The normalized spacial score (nSPS) is 25.2. The van der Waals surface area contributed by atoms with Crippen LogP contribution in [0.15, 0.2) is 12.7 Å². The molecule has 1 unspecified atom stereocenters. The average Bonchev–Trinajstić information content (AvgIpc) is 2.51. The van der Waals surface area contributed by atoms with Gasteiger partial charge in [-0.3, -0.25) is 0 Å². The quantitative estimate of drug-likeness (QED) is 0.338. The van der Waals surface area contributed by atoms with Gasteiger partial charge < -0.3 is 0 Å². The van der Waals surface area contributed by atoms with Crippen molar-refractivity contribution < 1.29 is 0 Å². The maximum atomic E-state index is 3.65. The second-order valence-electron chi connectivity index (χ2n) is 1.78. The van der Waals surface area contributed by atoms with Gasteiger partial charge in [0.15, 0.2) is 0 Å². The Kier molecular flexibility index (Phi) is 2.84. The Morgan fingerprint density at radius 3 is 3.12 bits per heavy atom. The summed E-state index contributed by atoms with van der Waals surface area (Å²) in [5.41, 5.74) is 0. The largest absolute Gasteiger partial charge is 0.157 e. The highest BCUT2D eigenvalue weighted by molar-refractivity contribution is 8.08. The zero-order valence-electron chi connectivity index (χ0n) is 4.80. The van der Waals surface area contributed by atoms with Gasteiger partial charge in [-0.25, -0.2) is 0 Å². The molecule has 46 valence electrons. The molecule has 1 aliphatic rings. The molecule has 1 fully saturated rings. The third-order valence-corrected chi connectivity index (χ3v) is 3.23. The Balaban J connectivity index is 1.80. The zero-order valence-corrected chi connectivity index (χ0v) is 6.43. The highest BCUT2D eigenvalue weighted by atomic mass is 32.2. The highest BCUT2D eigenvalue weighted by Crippen LogP contribution is 2.32. The van der Waals surface area contributed by atoms with Crippen LogP contribution < -0.4 is 0 Å². The first kappa shape index (κ1) is 6.56. The first-order valence-corrected chi connectivity index (χ1v) is 4.94. The van der Waals surface area contributed by atoms with Crippen LogP contribution in [-0.4, -0.2) is 22.5 Å². The number of rotatable bonds is 4. The lowest BCUT2D eigenvalue weighted by Crippen LogP contribution is -1.86. The van der Waals surface area contributed by atoms with Crippen LogP contribution in [0.1, 0.15) is 0 Å². The monoisotopic (exact) mass is 146 g/mol. The molecule has 0 spiro atoms. The Labute approximate surface area is 59.1 Å². The van der Waals surface area contributed by atoms with Gasteiger partial charge in [-0.1, -0.05) is 6.08 Å². The van der Waals surface area contributed by atoms with E-state index in [2.05, 4.69) is 18.3 Å². The molecule has 0 radical (unpaired) electrons. The second kappa shape index (κ2) is 3.46. The maximum Gasteiger partial charge on any atom is 0.0229 e. The van der Waals surface area contributed by atoms with Crippen LogP contribution in [-0.2, 0) is 0 Å². The summed E-state index contributed by atoms with van der Waals surface area (Å²) in [5.74, 6) is 3.85. The van der Waals surface area contributed by atoms with Crippen molar-refractivity contribution in [2.24, 2.45) is 0 Å². The molecule has 0 saturated carbocycles. The van der Waals surface area contributed by atoms with E-state index in [0.29, 0.717) is 0 Å². The summed E-state index contributed by atoms with van der Waals surface area (Å²) >= 11 is 4.05. The van der Waals surface area contributed by atoms with E-state index in [9.17, 15) is 0 Å². The number of hydrogen-bond acceptors (Lipinski definition) is 2. The van der Waals surface area contributed by atoms with Crippen LogP contribution in [0.3, 0.4) is 0 Å². The minimum Gasteiger partial charge on any atom is -0.157 e. The lowest BCUT2D eigenvalue weighted by Gasteiger charge is -1.89. The molecule has 0 aromatic rings. The Morgan fingerprint density at radius 1 is 1.88 bits per heavy atom. The third-order valence-electron chi connectivity index (χ3n) is 0.942. The van der Waals surface area contributed by atoms with Crippen molar-refractivity contribution >= 4 is 23.5 Å². The molecule has 1 heterocycles. The highest BCUT2D eigenvalue weighted by Gasteiger charge is 2.21. The lowest BCUT2D eigenvalue weighted by molar-refractivity contribution is 1.27. The zero-order chi connectivity index (χ0) is 5.82. The van der Waals surface area contributed by atoms with E-state index in [1.54, 1.807) is 0 Å². The molecule has 0 aromatic carbocycles. The molecule has 0 aromatic heterocycles. The van der Waals surface area contributed by atoms with Crippen molar-refractivity contribution in [1.82, 2.24) is 0 Å². The predicted molar refractivity (Wildman–Crippen MR) is 43.8 cm³/mol. The summed E-state index contributed by atoms with van der Waals surface area (Å²) < 4.78 is 0. The van der Waals surface area contributed by atoms with Crippen molar-refractivity contribution in [3.63, 3.8) is 0 Å². The Hall–Kier alpha value is 0.440. The fourth-order valence-electron chi connectivity index (χ4n) is 0.447. The summed E-state index contributed by atoms with van der Waals surface area (Å²) in [6.45, 7) is 3.65. The number of hydrogen-bond donors (Lipinski definition) is 0. The van der Waals surface area contributed by atoms with Gasteiger partial charge >= 0.3 is 0 Å². The second-order valence-corrected chi connectivity index (χ2v) is 4.19. The van der Waals surface area contributed by atoms with E-state index in [1.807, 2.05) is 17.8 Å². The summed E-state index contributed by atoms with van der Waals surface area (Å²) in [7, 11) is 0. The van der Waals surface area contributed by atoms with Gasteiger partial charge in [-0.15, -0.1) is 6.58 Å². The number of thioether (sulfide) groups is 2. The van der Waals surface area contributed by atoms with E-state index in [0.717, 1.165) is 11.0 Å². The van der Waals surface area contributed by atoms with Crippen LogP contribution in [0.5, 0.6) is 0 Å². The summed E-state index contributed by atoms with van der Waals surface area (Å²) in [6.07, 6.45) is 1.97. The van der Waals surface area contributed by atoms with Crippen molar-refractivity contribution in [3.05, 3.63) is 12.7 Å². The summed E-state index contributed by atoms with van der Waals surface area (Å²) in [5, 5.41) is 0.986. The maximum absolute atomic E-state index is 3.65. The molecule has 2 heteroatoms. The van der Waals surface area contributed by atoms with E-state index in [-0.39, 0.29) is 0 Å². The first-order valence-electron chi connectivity index (χ1n) is 2.73. The van der Waals surface area contributed by atoms with Crippen molar-refractivity contribution in [2.45, 2.75) is 5.25 Å². The molecule has 8 heavy (non-hydrogen) atoms. The first-order chi connectivity index (χ1) is 3.93. The smallest absolute Gasteiger partial charge is 0.0229 e. The average molecular weight is 146 g/mol. The van der Waals surface area contributed by atoms with Gasteiger partial charge in [0.05, 0.1) is 0 Å². The SMILES string of the molecule is C=CCSCC1CS1. The van der Waals surface area contributed by atoms with Crippen molar-refractivity contribution in [2.75, 3.05) is 17.3 Å². The minimum absolute atomic E-state index is 0.986. The van der Waals surface area contributed by atoms with Gasteiger partial charge in [-0.2, -0.15) is 23.5 Å². The third kappa shape index (κ3) is 2.68. The molecule has 1 atom stereocenters. The van der Waals surface area contributed by atoms with Crippen LogP contribution in [0.4, 0.5) is 0 Å². The minimum atomic E-state index is 0.986. The van der Waals surface area contributed by atoms with E-state index in [4.69, 9.17) is 0 Å². The van der Waals surface area contributed by atoms with Crippen molar-refractivity contribution in [3.8, 4) is 0 Å². The van der Waals surface area contributed by atoms with Gasteiger partial charge in [0.2, 0.25) is 0 Å². The standard InChI is InChI=1S/C6H10S2/c1-2-3-7-4-6-5-8-6/h2,6H,1,3-5H2. The molecular formula is C6H10S2. The molecule has 0 aliphatic carbocycles. The molecule has 1 aliphatic heterocycles. The van der Waals surface area contributed by atoms with Gasteiger partial charge in [-0.05, 0) is 0 Å². The van der Waals surface area contributed by atoms with Crippen molar-refractivity contribution in [1.29, 1.82) is 0 Å². The van der Waals surface area contributed by atoms with E-state index < -0.39 is 0 Å². The molecule has 1 rings (SSSR count). The molecule has 0 N–H and O–H groups in total. The van der Waals surface area contributed by atoms with E-state index in [1.165, 1.54) is 11.5 Å². The van der Waals surface area contributed by atoms with Crippen LogP contribution in [0.25, 0.3) is 0 Å². The Morgan fingerprint density at radius 2 is 2.62 bits per heavy atom. The lowest BCUT2D eigenvalue weighted by atomic mass is 10.6. The fraction of sp³-hybridized carbons (Fsp3) is 0.667. The van der Waals surface area contributed by atoms with Crippen LogP contribution >= 0.6 is 23.5 Å². The summed E-state index contributed by atoms with van der Waals surface area (Å²) in [4.78, 5) is 0. The van der Waals surface area contributed by atoms with Crippen LogP contribution in [0.2, 0.25) is 0 Å². The Bertz CT molecular complexity index is 76.6. The van der Waals surface area contributed by atoms with Gasteiger partial charge in [0, 0.05) is 22.5 Å². The molecule has 0 nitrogen and oxygen atoms in total. The summed E-state index contributed by atoms with van der Waals surface area (Å²) in [6, 6.07) is 0. The molecule has 0 bridgehead atoms. The molecule has 1 saturated heterocycles. The fourth-order valence-corrected chi connectivity index (χ4v) is 2.21. The molecular weight excluding hydrogens is 136 g/mol. The van der Waals surface area contributed by atoms with Gasteiger partial charge in [0.1, 0.15) is 0 Å².